The van der Waals surface area contributed by atoms with Gasteiger partial charge < -0.3 is 9.32 Å². The summed E-state index contributed by atoms with van der Waals surface area (Å²) in [6.07, 6.45) is 2.61. The number of carbonyl (C=O) groups excluding carboxylic acids is 1. The minimum absolute atomic E-state index is 0.128. The SMILES string of the molecule is Cc1cc(C(=O)N2CCN(C3CCSCC3)CC2)c(C)o1. The van der Waals surface area contributed by atoms with Crippen LogP contribution in [0.5, 0.6) is 0 Å². The Morgan fingerprint density at radius 2 is 1.86 bits per heavy atom. The molecule has 2 aliphatic heterocycles. The van der Waals surface area contributed by atoms with Crippen LogP contribution in [0.25, 0.3) is 0 Å². The molecule has 2 aliphatic rings. The molecule has 116 valence electrons. The van der Waals surface area contributed by atoms with Crippen LogP contribution >= 0.6 is 11.8 Å². The van der Waals surface area contributed by atoms with Gasteiger partial charge in [-0.15, -0.1) is 0 Å². The summed E-state index contributed by atoms with van der Waals surface area (Å²) in [5.74, 6) is 4.26. The molecule has 2 fully saturated rings. The van der Waals surface area contributed by atoms with Crippen molar-refractivity contribution in [1.82, 2.24) is 9.80 Å². The highest BCUT2D eigenvalue weighted by Crippen LogP contribution is 2.23. The number of thioether (sulfide) groups is 1. The summed E-state index contributed by atoms with van der Waals surface area (Å²) < 4.78 is 5.48. The molecule has 4 nitrogen and oxygen atoms in total. The molecule has 1 aromatic rings. The molecule has 0 aliphatic carbocycles. The molecule has 2 saturated heterocycles. The van der Waals surface area contributed by atoms with Gasteiger partial charge in [0.05, 0.1) is 5.56 Å². The van der Waals surface area contributed by atoms with Crippen LogP contribution in [0.2, 0.25) is 0 Å². The second-order valence-electron chi connectivity index (χ2n) is 6.00. The summed E-state index contributed by atoms with van der Waals surface area (Å²) in [6.45, 7) is 7.46. The van der Waals surface area contributed by atoms with Crippen molar-refractivity contribution < 1.29 is 9.21 Å². The first-order valence-electron chi connectivity index (χ1n) is 7.83. The predicted molar refractivity (Wildman–Crippen MR) is 86.0 cm³/mol. The number of furan rings is 1. The number of nitrogens with zero attached hydrogens (tertiary/aromatic N) is 2. The molecule has 0 radical (unpaired) electrons. The van der Waals surface area contributed by atoms with E-state index in [0.717, 1.165) is 49.3 Å². The normalized spacial score (nSPS) is 21.7. The Morgan fingerprint density at radius 3 is 2.43 bits per heavy atom. The summed E-state index contributed by atoms with van der Waals surface area (Å²) >= 11 is 2.07. The van der Waals surface area contributed by atoms with Gasteiger partial charge in [-0.05, 0) is 44.3 Å². The maximum Gasteiger partial charge on any atom is 0.257 e. The molecule has 0 N–H and O–H groups in total. The van der Waals surface area contributed by atoms with E-state index in [2.05, 4.69) is 16.7 Å². The predicted octanol–water partition coefficient (Wildman–Crippen LogP) is 2.55. The van der Waals surface area contributed by atoms with E-state index in [-0.39, 0.29) is 5.91 Å². The van der Waals surface area contributed by atoms with Crippen LogP contribution < -0.4 is 0 Å². The second kappa shape index (κ2) is 6.44. The number of rotatable bonds is 2. The molecule has 1 amide bonds. The maximum atomic E-state index is 12.6. The first-order valence-corrected chi connectivity index (χ1v) is 8.98. The average Bonchev–Trinajstić information content (AvgIpc) is 2.86. The third kappa shape index (κ3) is 3.29. The third-order valence-electron chi connectivity index (χ3n) is 4.58. The van der Waals surface area contributed by atoms with Gasteiger partial charge in [0.2, 0.25) is 0 Å². The molecule has 0 atom stereocenters. The van der Waals surface area contributed by atoms with Gasteiger partial charge in [0, 0.05) is 32.2 Å². The zero-order valence-corrected chi connectivity index (χ0v) is 13.7. The smallest absolute Gasteiger partial charge is 0.257 e. The molecule has 0 spiro atoms. The van der Waals surface area contributed by atoms with E-state index in [1.165, 1.54) is 24.3 Å². The molecule has 21 heavy (non-hydrogen) atoms. The van der Waals surface area contributed by atoms with Crippen molar-refractivity contribution in [1.29, 1.82) is 0 Å². The molecule has 1 aromatic heterocycles. The quantitative estimate of drug-likeness (QED) is 0.841. The van der Waals surface area contributed by atoms with Crippen LogP contribution in [-0.2, 0) is 0 Å². The lowest BCUT2D eigenvalue weighted by molar-refractivity contribution is 0.0557. The first-order chi connectivity index (χ1) is 10.1. The van der Waals surface area contributed by atoms with Crippen LogP contribution in [0.4, 0.5) is 0 Å². The van der Waals surface area contributed by atoms with Crippen molar-refractivity contribution in [3.63, 3.8) is 0 Å². The monoisotopic (exact) mass is 308 g/mol. The Labute approximate surface area is 130 Å². The van der Waals surface area contributed by atoms with Gasteiger partial charge in [-0.1, -0.05) is 0 Å². The zero-order chi connectivity index (χ0) is 14.8. The highest BCUT2D eigenvalue weighted by atomic mass is 32.2. The Balaban J connectivity index is 1.57. The van der Waals surface area contributed by atoms with Crippen molar-refractivity contribution in [2.24, 2.45) is 0 Å². The van der Waals surface area contributed by atoms with Gasteiger partial charge >= 0.3 is 0 Å². The average molecular weight is 308 g/mol. The molecule has 0 unspecified atom stereocenters. The summed E-state index contributed by atoms with van der Waals surface area (Å²) in [6, 6.07) is 2.60. The molecule has 3 rings (SSSR count). The van der Waals surface area contributed by atoms with E-state index in [1.54, 1.807) is 0 Å². The van der Waals surface area contributed by atoms with Crippen LogP contribution in [0.3, 0.4) is 0 Å². The van der Waals surface area contributed by atoms with Crippen molar-refractivity contribution in [2.45, 2.75) is 32.7 Å². The largest absolute Gasteiger partial charge is 0.466 e. The van der Waals surface area contributed by atoms with Gasteiger partial charge in [0.1, 0.15) is 11.5 Å². The number of hydrogen-bond acceptors (Lipinski definition) is 4. The minimum Gasteiger partial charge on any atom is -0.466 e. The Bertz CT molecular complexity index is 500. The topological polar surface area (TPSA) is 36.7 Å². The molecular weight excluding hydrogens is 284 g/mol. The van der Waals surface area contributed by atoms with Gasteiger partial charge in [0.25, 0.3) is 5.91 Å². The van der Waals surface area contributed by atoms with Crippen molar-refractivity contribution in [2.75, 3.05) is 37.7 Å². The summed E-state index contributed by atoms with van der Waals surface area (Å²) in [5.41, 5.74) is 0.731. The molecular formula is C16H24N2O2S. The Morgan fingerprint density at radius 1 is 1.19 bits per heavy atom. The molecule has 0 saturated carbocycles. The Kier molecular flexibility index (Phi) is 4.60. The lowest BCUT2D eigenvalue weighted by atomic mass is 10.1. The Hall–Kier alpha value is -0.940. The lowest BCUT2D eigenvalue weighted by Gasteiger charge is -2.40. The number of aryl methyl sites for hydroxylation is 2. The summed E-state index contributed by atoms with van der Waals surface area (Å²) in [4.78, 5) is 17.1. The lowest BCUT2D eigenvalue weighted by Crippen LogP contribution is -2.52. The zero-order valence-electron chi connectivity index (χ0n) is 12.9. The van der Waals surface area contributed by atoms with E-state index in [1.807, 2.05) is 24.8 Å². The molecule has 3 heterocycles. The van der Waals surface area contributed by atoms with E-state index in [9.17, 15) is 4.79 Å². The highest BCUT2D eigenvalue weighted by molar-refractivity contribution is 7.99. The van der Waals surface area contributed by atoms with E-state index in [4.69, 9.17) is 4.42 Å². The summed E-state index contributed by atoms with van der Waals surface area (Å²) in [7, 11) is 0. The first kappa shape index (κ1) is 15.0. The van der Waals surface area contributed by atoms with Crippen LogP contribution in [0.1, 0.15) is 34.7 Å². The highest BCUT2D eigenvalue weighted by Gasteiger charge is 2.28. The van der Waals surface area contributed by atoms with Crippen molar-refractivity contribution in [3.05, 3.63) is 23.2 Å². The summed E-state index contributed by atoms with van der Waals surface area (Å²) in [5, 5.41) is 0. The maximum absolute atomic E-state index is 12.6. The van der Waals surface area contributed by atoms with Crippen LogP contribution in [0.15, 0.2) is 10.5 Å². The van der Waals surface area contributed by atoms with E-state index >= 15 is 0 Å². The third-order valence-corrected chi connectivity index (χ3v) is 5.63. The minimum atomic E-state index is 0.128. The fourth-order valence-electron chi connectivity index (χ4n) is 3.35. The van der Waals surface area contributed by atoms with Crippen LogP contribution in [0, 0.1) is 13.8 Å². The van der Waals surface area contributed by atoms with Crippen molar-refractivity contribution in [3.8, 4) is 0 Å². The van der Waals surface area contributed by atoms with Gasteiger partial charge in [-0.2, -0.15) is 11.8 Å². The van der Waals surface area contributed by atoms with E-state index < -0.39 is 0 Å². The molecule has 5 heteroatoms. The number of carbonyl (C=O) groups is 1. The molecule has 0 aromatic carbocycles. The van der Waals surface area contributed by atoms with Gasteiger partial charge in [-0.25, -0.2) is 0 Å². The molecule has 0 bridgehead atoms. The van der Waals surface area contributed by atoms with E-state index in [0.29, 0.717) is 0 Å². The standard InChI is InChI=1S/C16H24N2O2S/c1-12-11-15(13(2)20-12)16(19)18-7-5-17(6-8-18)14-3-9-21-10-4-14/h11,14H,3-10H2,1-2H3. The number of hydrogen-bond donors (Lipinski definition) is 0. The number of amides is 1. The van der Waals surface area contributed by atoms with Gasteiger partial charge in [0.15, 0.2) is 0 Å². The fourth-order valence-corrected chi connectivity index (χ4v) is 4.44. The van der Waals surface area contributed by atoms with Gasteiger partial charge in [-0.3, -0.25) is 9.69 Å². The fraction of sp³-hybridized carbons (Fsp3) is 0.688. The number of piperazine rings is 1. The van der Waals surface area contributed by atoms with Crippen molar-refractivity contribution >= 4 is 17.7 Å². The second-order valence-corrected chi connectivity index (χ2v) is 7.22. The van der Waals surface area contributed by atoms with Crippen LogP contribution in [-0.4, -0.2) is 59.4 Å².